The number of amides is 1. The number of aryl methyl sites for hydroxylation is 2. The first-order chi connectivity index (χ1) is 14.6. The fraction of sp³-hybridized carbons (Fsp3) is 0.292. The summed E-state index contributed by atoms with van der Waals surface area (Å²) in [6.45, 7) is 6.37. The average molecular weight is 402 g/mol. The molecule has 0 aliphatic carbocycles. The van der Waals surface area contributed by atoms with Crippen molar-refractivity contribution in [2.24, 2.45) is 5.92 Å². The van der Waals surface area contributed by atoms with Gasteiger partial charge in [0.15, 0.2) is 0 Å². The van der Waals surface area contributed by atoms with Gasteiger partial charge in [-0.15, -0.1) is 0 Å². The summed E-state index contributed by atoms with van der Waals surface area (Å²) < 4.78 is 5.75. The Labute approximate surface area is 176 Å². The molecule has 2 aromatic carbocycles. The summed E-state index contributed by atoms with van der Waals surface area (Å²) in [5.74, 6) is 1.73. The molecule has 6 nitrogen and oxygen atoms in total. The number of carbonyl (C=O) groups excluding carboxylic acids is 1. The molecule has 0 atom stereocenters. The second-order valence-corrected chi connectivity index (χ2v) is 7.69. The number of hydrogen-bond acceptors (Lipinski definition) is 5. The molecular weight excluding hydrogens is 376 g/mol. The maximum absolute atomic E-state index is 12.4. The van der Waals surface area contributed by atoms with Crippen molar-refractivity contribution < 1.29 is 9.53 Å². The third-order valence-electron chi connectivity index (χ3n) is 5.16. The smallest absolute Gasteiger partial charge is 0.226 e. The highest BCUT2D eigenvalue weighted by molar-refractivity contribution is 5.81. The molecule has 154 valence electrons. The first kappa shape index (κ1) is 19.9. The molecule has 0 unspecified atom stereocenters. The standard InChI is InChI=1S/C24H26N4O2/c1-17-10-18(2)12-21(11-17)30-9-8-25-24(29)20-14-28(15-20)23-13-22(26-16-27-23)19-6-4-3-5-7-19/h3-7,10-13,16,20H,8-9,14-15H2,1-2H3,(H,25,29). The van der Waals surface area contributed by atoms with Gasteiger partial charge in [0.25, 0.3) is 0 Å². The second kappa shape index (κ2) is 8.95. The van der Waals surface area contributed by atoms with Crippen molar-refractivity contribution in [2.75, 3.05) is 31.1 Å². The van der Waals surface area contributed by atoms with Crippen LogP contribution >= 0.6 is 0 Å². The molecule has 1 aliphatic heterocycles. The molecule has 2 heterocycles. The number of carbonyl (C=O) groups is 1. The molecule has 0 saturated carbocycles. The van der Waals surface area contributed by atoms with E-state index in [1.165, 1.54) is 11.1 Å². The van der Waals surface area contributed by atoms with E-state index in [1.54, 1.807) is 6.33 Å². The lowest BCUT2D eigenvalue weighted by atomic mass is 9.99. The summed E-state index contributed by atoms with van der Waals surface area (Å²) in [5.41, 5.74) is 4.28. The van der Waals surface area contributed by atoms with Crippen molar-refractivity contribution in [3.05, 3.63) is 72.1 Å². The minimum Gasteiger partial charge on any atom is -0.492 e. The zero-order valence-corrected chi connectivity index (χ0v) is 17.3. The number of nitrogens with one attached hydrogen (secondary N) is 1. The molecule has 1 aliphatic rings. The molecule has 1 amide bonds. The molecule has 6 heteroatoms. The first-order valence-electron chi connectivity index (χ1n) is 10.2. The Balaban J connectivity index is 1.23. The number of hydrogen-bond donors (Lipinski definition) is 1. The van der Waals surface area contributed by atoms with Crippen LogP contribution in [0.4, 0.5) is 5.82 Å². The van der Waals surface area contributed by atoms with Crippen LogP contribution in [0.15, 0.2) is 60.9 Å². The van der Waals surface area contributed by atoms with Crippen LogP contribution in [-0.4, -0.2) is 42.1 Å². The van der Waals surface area contributed by atoms with Crippen molar-refractivity contribution in [3.63, 3.8) is 0 Å². The Morgan fingerprint density at radius 3 is 2.53 bits per heavy atom. The molecule has 1 N–H and O–H groups in total. The van der Waals surface area contributed by atoms with Gasteiger partial charge in [-0.2, -0.15) is 0 Å². The third-order valence-corrected chi connectivity index (χ3v) is 5.16. The molecule has 0 spiro atoms. The van der Waals surface area contributed by atoms with Crippen LogP contribution in [-0.2, 0) is 4.79 Å². The van der Waals surface area contributed by atoms with E-state index in [0.717, 1.165) is 22.8 Å². The zero-order valence-electron chi connectivity index (χ0n) is 17.3. The van der Waals surface area contributed by atoms with Gasteiger partial charge >= 0.3 is 0 Å². The van der Waals surface area contributed by atoms with Crippen molar-refractivity contribution >= 4 is 11.7 Å². The normalized spacial score (nSPS) is 13.6. The van der Waals surface area contributed by atoms with Crippen LogP contribution in [0.5, 0.6) is 5.75 Å². The highest BCUT2D eigenvalue weighted by Crippen LogP contribution is 2.26. The summed E-state index contributed by atoms with van der Waals surface area (Å²) in [7, 11) is 0. The highest BCUT2D eigenvalue weighted by atomic mass is 16.5. The Bertz CT molecular complexity index is 996. The summed E-state index contributed by atoms with van der Waals surface area (Å²) >= 11 is 0. The molecule has 1 fully saturated rings. The van der Waals surface area contributed by atoms with Crippen molar-refractivity contribution in [2.45, 2.75) is 13.8 Å². The van der Waals surface area contributed by atoms with E-state index in [0.29, 0.717) is 26.2 Å². The number of rotatable bonds is 7. The quantitative estimate of drug-likeness (QED) is 0.614. The Kier molecular flexibility index (Phi) is 5.93. The maximum Gasteiger partial charge on any atom is 0.226 e. The predicted octanol–water partition coefficient (Wildman–Crippen LogP) is 3.39. The maximum atomic E-state index is 12.4. The van der Waals surface area contributed by atoms with Crippen LogP contribution in [0.1, 0.15) is 11.1 Å². The Morgan fingerprint density at radius 2 is 1.80 bits per heavy atom. The summed E-state index contributed by atoms with van der Waals surface area (Å²) in [6, 6.07) is 18.1. The Hall–Kier alpha value is -3.41. The van der Waals surface area contributed by atoms with Gasteiger partial charge in [-0.1, -0.05) is 36.4 Å². The first-order valence-corrected chi connectivity index (χ1v) is 10.2. The molecule has 0 radical (unpaired) electrons. The van der Waals surface area contributed by atoms with Gasteiger partial charge in [0, 0.05) is 24.7 Å². The number of nitrogens with zero attached hydrogens (tertiary/aromatic N) is 3. The van der Waals surface area contributed by atoms with Crippen molar-refractivity contribution in [3.8, 4) is 17.0 Å². The van der Waals surface area contributed by atoms with E-state index in [2.05, 4.69) is 26.3 Å². The number of aromatic nitrogens is 2. The predicted molar refractivity (Wildman–Crippen MR) is 118 cm³/mol. The molecule has 30 heavy (non-hydrogen) atoms. The van der Waals surface area contributed by atoms with E-state index in [1.807, 2.05) is 62.4 Å². The van der Waals surface area contributed by atoms with Crippen molar-refractivity contribution in [1.29, 1.82) is 0 Å². The molecule has 1 aromatic heterocycles. The van der Waals surface area contributed by atoms with Crippen LogP contribution < -0.4 is 15.0 Å². The molecule has 1 saturated heterocycles. The molecular formula is C24H26N4O2. The number of anilines is 1. The van der Waals surface area contributed by atoms with E-state index in [-0.39, 0.29) is 11.8 Å². The number of ether oxygens (including phenoxy) is 1. The summed E-state index contributed by atoms with van der Waals surface area (Å²) in [6.07, 6.45) is 1.58. The van der Waals surface area contributed by atoms with E-state index in [4.69, 9.17) is 4.74 Å². The fourth-order valence-electron chi connectivity index (χ4n) is 3.62. The van der Waals surface area contributed by atoms with Gasteiger partial charge < -0.3 is 15.0 Å². The van der Waals surface area contributed by atoms with Crippen LogP contribution in [0.2, 0.25) is 0 Å². The van der Waals surface area contributed by atoms with E-state index in [9.17, 15) is 4.79 Å². The van der Waals surface area contributed by atoms with Crippen molar-refractivity contribution in [1.82, 2.24) is 15.3 Å². The van der Waals surface area contributed by atoms with E-state index >= 15 is 0 Å². The SMILES string of the molecule is Cc1cc(C)cc(OCCNC(=O)C2CN(c3cc(-c4ccccc4)ncn3)C2)c1. The lowest BCUT2D eigenvalue weighted by molar-refractivity contribution is -0.125. The van der Waals surface area contributed by atoms with Gasteiger partial charge in [0.1, 0.15) is 24.5 Å². The Morgan fingerprint density at radius 1 is 1.07 bits per heavy atom. The van der Waals surface area contributed by atoms with Gasteiger partial charge in [-0.3, -0.25) is 4.79 Å². The second-order valence-electron chi connectivity index (χ2n) is 7.69. The van der Waals surface area contributed by atoms with Gasteiger partial charge in [0.05, 0.1) is 18.2 Å². The van der Waals surface area contributed by atoms with Gasteiger partial charge in [0.2, 0.25) is 5.91 Å². The van der Waals surface area contributed by atoms with E-state index < -0.39 is 0 Å². The largest absolute Gasteiger partial charge is 0.492 e. The molecule has 4 rings (SSSR count). The zero-order chi connectivity index (χ0) is 20.9. The van der Waals surface area contributed by atoms with Crippen LogP contribution in [0, 0.1) is 19.8 Å². The summed E-state index contributed by atoms with van der Waals surface area (Å²) in [4.78, 5) is 23.2. The monoisotopic (exact) mass is 402 g/mol. The molecule has 0 bridgehead atoms. The topological polar surface area (TPSA) is 67.3 Å². The molecule has 3 aromatic rings. The lowest BCUT2D eigenvalue weighted by Gasteiger charge is -2.39. The highest BCUT2D eigenvalue weighted by Gasteiger charge is 2.33. The minimum atomic E-state index is -0.0265. The van der Waals surface area contributed by atoms with Gasteiger partial charge in [-0.25, -0.2) is 9.97 Å². The number of benzene rings is 2. The van der Waals surface area contributed by atoms with Crippen LogP contribution in [0.3, 0.4) is 0 Å². The summed E-state index contributed by atoms with van der Waals surface area (Å²) in [5, 5.41) is 2.97. The fourth-order valence-corrected chi connectivity index (χ4v) is 3.62. The average Bonchev–Trinajstić information content (AvgIpc) is 2.70. The lowest BCUT2D eigenvalue weighted by Crippen LogP contribution is -2.54. The van der Waals surface area contributed by atoms with Gasteiger partial charge in [-0.05, 0) is 37.1 Å². The minimum absolute atomic E-state index is 0.0265. The van der Waals surface area contributed by atoms with Crippen LogP contribution in [0.25, 0.3) is 11.3 Å². The third kappa shape index (κ3) is 4.76.